The number of nitrogens with one attached hydrogen (secondary N) is 1. The Morgan fingerprint density at radius 2 is 1.95 bits per heavy atom. The lowest BCUT2D eigenvalue weighted by Gasteiger charge is -2.28. The SMILES string of the molecule is CCNC(Cc1ncnn1C)c1ccccc1C(C)(C)C. The van der Waals surface area contributed by atoms with Crippen LogP contribution in [-0.2, 0) is 18.9 Å². The first kappa shape index (κ1) is 15.7. The van der Waals surface area contributed by atoms with E-state index in [0.29, 0.717) is 0 Å². The third kappa shape index (κ3) is 3.70. The molecule has 1 heterocycles. The maximum absolute atomic E-state index is 4.37. The quantitative estimate of drug-likeness (QED) is 0.919. The van der Waals surface area contributed by atoms with E-state index in [1.165, 1.54) is 11.1 Å². The van der Waals surface area contributed by atoms with Crippen LogP contribution in [0.15, 0.2) is 30.6 Å². The van der Waals surface area contributed by atoms with Crippen LogP contribution in [0.25, 0.3) is 0 Å². The fraction of sp³-hybridized carbons (Fsp3) is 0.529. The zero-order valence-corrected chi connectivity index (χ0v) is 13.7. The van der Waals surface area contributed by atoms with Gasteiger partial charge in [0, 0.05) is 19.5 Å². The first-order valence-electron chi connectivity index (χ1n) is 7.59. The molecule has 1 aromatic carbocycles. The van der Waals surface area contributed by atoms with Crippen LogP contribution in [0, 0.1) is 0 Å². The van der Waals surface area contributed by atoms with Crippen molar-refractivity contribution in [1.82, 2.24) is 20.1 Å². The molecule has 114 valence electrons. The van der Waals surface area contributed by atoms with Crippen LogP contribution in [0.4, 0.5) is 0 Å². The van der Waals surface area contributed by atoms with Crippen LogP contribution in [0.2, 0.25) is 0 Å². The van der Waals surface area contributed by atoms with Gasteiger partial charge in [-0.2, -0.15) is 5.10 Å². The van der Waals surface area contributed by atoms with Crippen molar-refractivity contribution in [1.29, 1.82) is 0 Å². The normalized spacial score (nSPS) is 13.4. The Kier molecular flexibility index (Phi) is 4.78. The standard InChI is InChI=1S/C17H26N4/c1-6-18-15(11-16-19-12-20-21(16)5)13-9-7-8-10-14(13)17(2,3)4/h7-10,12,15,18H,6,11H2,1-5H3. The first-order chi connectivity index (χ1) is 9.93. The van der Waals surface area contributed by atoms with Crippen LogP contribution in [0.3, 0.4) is 0 Å². The minimum absolute atomic E-state index is 0.129. The van der Waals surface area contributed by atoms with Gasteiger partial charge in [0.25, 0.3) is 0 Å². The minimum Gasteiger partial charge on any atom is -0.310 e. The van der Waals surface area contributed by atoms with E-state index < -0.39 is 0 Å². The number of hydrogen-bond acceptors (Lipinski definition) is 3. The predicted molar refractivity (Wildman–Crippen MR) is 86.3 cm³/mol. The number of hydrogen-bond donors (Lipinski definition) is 1. The number of aromatic nitrogens is 3. The molecule has 0 aliphatic rings. The number of nitrogens with zero attached hydrogens (tertiary/aromatic N) is 3. The van der Waals surface area contributed by atoms with E-state index in [1.807, 2.05) is 11.7 Å². The molecule has 0 saturated heterocycles. The van der Waals surface area contributed by atoms with Gasteiger partial charge in [-0.05, 0) is 23.1 Å². The van der Waals surface area contributed by atoms with Crippen LogP contribution < -0.4 is 5.32 Å². The topological polar surface area (TPSA) is 42.7 Å². The maximum atomic E-state index is 4.37. The number of likely N-dealkylation sites (N-methyl/N-ethyl adjacent to an activating group) is 1. The summed E-state index contributed by atoms with van der Waals surface area (Å²) in [6.07, 6.45) is 2.46. The summed E-state index contributed by atoms with van der Waals surface area (Å²) in [5.74, 6) is 1.00. The molecule has 0 aliphatic carbocycles. The largest absolute Gasteiger partial charge is 0.310 e. The number of aryl methyl sites for hydroxylation is 1. The van der Waals surface area contributed by atoms with Gasteiger partial charge in [0.1, 0.15) is 12.2 Å². The zero-order valence-electron chi connectivity index (χ0n) is 13.7. The summed E-state index contributed by atoms with van der Waals surface area (Å²) in [4.78, 5) is 4.37. The highest BCUT2D eigenvalue weighted by molar-refractivity contribution is 5.35. The van der Waals surface area contributed by atoms with E-state index in [4.69, 9.17) is 0 Å². The molecule has 21 heavy (non-hydrogen) atoms. The number of rotatable bonds is 5. The van der Waals surface area contributed by atoms with Gasteiger partial charge in [0.15, 0.2) is 0 Å². The smallest absolute Gasteiger partial charge is 0.138 e. The van der Waals surface area contributed by atoms with E-state index in [9.17, 15) is 0 Å². The molecule has 4 nitrogen and oxygen atoms in total. The van der Waals surface area contributed by atoms with Crippen LogP contribution in [-0.4, -0.2) is 21.3 Å². The lowest BCUT2D eigenvalue weighted by Crippen LogP contribution is -2.27. The van der Waals surface area contributed by atoms with E-state index in [1.54, 1.807) is 6.33 Å². The summed E-state index contributed by atoms with van der Waals surface area (Å²) >= 11 is 0. The van der Waals surface area contributed by atoms with Crippen molar-refractivity contribution in [2.45, 2.75) is 45.6 Å². The van der Waals surface area contributed by atoms with Crippen molar-refractivity contribution >= 4 is 0 Å². The summed E-state index contributed by atoms with van der Waals surface area (Å²) in [5, 5.41) is 7.77. The Morgan fingerprint density at radius 3 is 2.52 bits per heavy atom. The first-order valence-corrected chi connectivity index (χ1v) is 7.59. The molecule has 1 aromatic heterocycles. The molecular formula is C17H26N4. The van der Waals surface area contributed by atoms with Gasteiger partial charge in [-0.15, -0.1) is 0 Å². The summed E-state index contributed by atoms with van der Waals surface area (Å²) in [7, 11) is 1.95. The Hall–Kier alpha value is -1.68. The minimum atomic E-state index is 0.129. The van der Waals surface area contributed by atoms with Gasteiger partial charge in [-0.1, -0.05) is 52.0 Å². The summed E-state index contributed by atoms with van der Waals surface area (Å²) in [6.45, 7) is 9.86. The average molecular weight is 286 g/mol. The fourth-order valence-electron chi connectivity index (χ4n) is 2.71. The molecule has 0 saturated carbocycles. The molecule has 4 heteroatoms. The van der Waals surface area contributed by atoms with E-state index in [0.717, 1.165) is 18.8 Å². The molecule has 2 aromatic rings. The third-order valence-corrected chi connectivity index (χ3v) is 3.79. The van der Waals surface area contributed by atoms with Crippen molar-refractivity contribution in [3.05, 3.63) is 47.5 Å². The van der Waals surface area contributed by atoms with E-state index in [-0.39, 0.29) is 11.5 Å². The lowest BCUT2D eigenvalue weighted by molar-refractivity contribution is 0.500. The molecule has 0 amide bonds. The van der Waals surface area contributed by atoms with Crippen LogP contribution in [0.1, 0.15) is 50.7 Å². The van der Waals surface area contributed by atoms with Crippen molar-refractivity contribution in [3.8, 4) is 0 Å². The van der Waals surface area contributed by atoms with E-state index in [2.05, 4.69) is 67.4 Å². The molecule has 0 aliphatic heterocycles. The second-order valence-corrected chi connectivity index (χ2v) is 6.45. The van der Waals surface area contributed by atoms with Gasteiger partial charge < -0.3 is 5.32 Å². The molecule has 0 radical (unpaired) electrons. The fourth-order valence-corrected chi connectivity index (χ4v) is 2.71. The van der Waals surface area contributed by atoms with Gasteiger partial charge in [-0.3, -0.25) is 4.68 Å². The van der Waals surface area contributed by atoms with Crippen LogP contribution in [0.5, 0.6) is 0 Å². The van der Waals surface area contributed by atoms with E-state index >= 15 is 0 Å². The van der Waals surface area contributed by atoms with Gasteiger partial charge in [0.05, 0.1) is 0 Å². The third-order valence-electron chi connectivity index (χ3n) is 3.79. The number of benzene rings is 1. The second-order valence-electron chi connectivity index (χ2n) is 6.45. The van der Waals surface area contributed by atoms with Crippen molar-refractivity contribution < 1.29 is 0 Å². The van der Waals surface area contributed by atoms with Gasteiger partial charge in [0.2, 0.25) is 0 Å². The van der Waals surface area contributed by atoms with Crippen molar-refractivity contribution in [2.24, 2.45) is 7.05 Å². The molecule has 0 spiro atoms. The molecule has 1 atom stereocenters. The van der Waals surface area contributed by atoms with Gasteiger partial charge in [-0.25, -0.2) is 4.98 Å². The molecule has 0 bridgehead atoms. The molecule has 1 N–H and O–H groups in total. The zero-order chi connectivity index (χ0) is 15.5. The second kappa shape index (κ2) is 6.39. The highest BCUT2D eigenvalue weighted by Crippen LogP contribution is 2.30. The van der Waals surface area contributed by atoms with Crippen molar-refractivity contribution in [3.63, 3.8) is 0 Å². The monoisotopic (exact) mass is 286 g/mol. The van der Waals surface area contributed by atoms with Crippen molar-refractivity contribution in [2.75, 3.05) is 6.54 Å². The van der Waals surface area contributed by atoms with Gasteiger partial charge >= 0.3 is 0 Å². The van der Waals surface area contributed by atoms with Crippen LogP contribution >= 0.6 is 0 Å². The maximum Gasteiger partial charge on any atom is 0.138 e. The summed E-state index contributed by atoms with van der Waals surface area (Å²) in [5.41, 5.74) is 2.87. The summed E-state index contributed by atoms with van der Waals surface area (Å²) < 4.78 is 1.85. The average Bonchev–Trinajstić information content (AvgIpc) is 2.83. The molecular weight excluding hydrogens is 260 g/mol. The highest BCUT2D eigenvalue weighted by Gasteiger charge is 2.23. The Balaban J connectivity index is 2.37. The lowest BCUT2D eigenvalue weighted by atomic mass is 9.81. The Bertz CT molecular complexity index is 580. The Morgan fingerprint density at radius 1 is 1.24 bits per heavy atom. The molecule has 2 rings (SSSR count). The highest BCUT2D eigenvalue weighted by atomic mass is 15.3. The molecule has 0 fully saturated rings. The Labute approximate surface area is 127 Å². The summed E-state index contributed by atoms with van der Waals surface area (Å²) in [6, 6.07) is 8.95. The predicted octanol–water partition coefficient (Wildman–Crippen LogP) is 3.01. The molecule has 1 unspecified atom stereocenters.